The van der Waals surface area contributed by atoms with E-state index in [1.54, 1.807) is 6.20 Å². The van der Waals surface area contributed by atoms with Crippen molar-refractivity contribution in [2.45, 2.75) is 12.1 Å². The average molecular weight is 365 g/mol. The molecule has 0 saturated carbocycles. The summed E-state index contributed by atoms with van der Waals surface area (Å²) in [6.07, 6.45) is 4.47. The number of morpholine rings is 1. The van der Waals surface area contributed by atoms with Gasteiger partial charge in [-0.15, -0.1) is 0 Å². The zero-order valence-corrected chi connectivity index (χ0v) is 16.0. The molecule has 2 aromatic carbocycles. The van der Waals surface area contributed by atoms with Crippen molar-refractivity contribution in [1.29, 1.82) is 0 Å². The number of hydroxylamine groups is 2. The highest BCUT2D eigenvalue weighted by molar-refractivity contribution is 5.60. The molecule has 0 spiro atoms. The molecule has 0 aromatic heterocycles. The van der Waals surface area contributed by atoms with Crippen LogP contribution in [0.4, 0.5) is 11.4 Å². The Morgan fingerprint density at radius 3 is 2.26 bits per heavy atom. The first-order chi connectivity index (χ1) is 13.1. The standard InChI is InChI=1S/C22H27N3O2/c1-23(2)22(18-19-6-4-3-5-7-19)12-15-25(22,26)21-10-8-20(9-11-21)24-13-16-27-17-14-24/h3-12,15H,13-14,16-18H2,1-2H3. The number of rotatable bonds is 5. The van der Waals surface area contributed by atoms with Gasteiger partial charge in [0.15, 0.2) is 5.66 Å². The minimum Gasteiger partial charge on any atom is -0.621 e. The molecule has 1 saturated heterocycles. The minimum atomic E-state index is -0.623. The van der Waals surface area contributed by atoms with E-state index < -0.39 is 10.3 Å². The van der Waals surface area contributed by atoms with E-state index in [9.17, 15) is 5.21 Å². The largest absolute Gasteiger partial charge is 0.621 e. The summed E-state index contributed by atoms with van der Waals surface area (Å²) < 4.78 is 4.97. The molecule has 142 valence electrons. The van der Waals surface area contributed by atoms with Crippen LogP contribution in [0.2, 0.25) is 0 Å². The van der Waals surface area contributed by atoms with Crippen LogP contribution in [-0.2, 0) is 11.2 Å². The highest BCUT2D eigenvalue weighted by Crippen LogP contribution is 2.44. The molecular weight excluding hydrogens is 338 g/mol. The van der Waals surface area contributed by atoms with Crippen LogP contribution in [0.5, 0.6) is 0 Å². The molecule has 0 bridgehead atoms. The lowest BCUT2D eigenvalue weighted by Crippen LogP contribution is -2.71. The lowest BCUT2D eigenvalue weighted by Gasteiger charge is -2.60. The fraction of sp³-hybridized carbons (Fsp3) is 0.364. The molecule has 2 atom stereocenters. The van der Waals surface area contributed by atoms with Gasteiger partial charge in [-0.25, -0.2) is 0 Å². The summed E-state index contributed by atoms with van der Waals surface area (Å²) in [4.78, 5) is 4.35. The average Bonchev–Trinajstić information content (AvgIpc) is 2.72. The molecule has 0 radical (unpaired) electrons. The Morgan fingerprint density at radius 2 is 1.70 bits per heavy atom. The Labute approximate surface area is 161 Å². The molecular formula is C22H27N3O2. The van der Waals surface area contributed by atoms with Crippen LogP contribution in [0.25, 0.3) is 0 Å². The lowest BCUT2D eigenvalue weighted by atomic mass is 9.90. The number of benzene rings is 2. The summed E-state index contributed by atoms with van der Waals surface area (Å²) in [6.45, 7) is 3.30. The Bertz CT molecular complexity index is 800. The molecule has 0 N–H and O–H groups in total. The van der Waals surface area contributed by atoms with Crippen LogP contribution in [0, 0.1) is 5.21 Å². The number of likely N-dealkylation sites (N-methyl/N-ethyl adjacent to an activating group) is 1. The van der Waals surface area contributed by atoms with Gasteiger partial charge in [0.25, 0.3) is 0 Å². The quantitative estimate of drug-likeness (QED) is 0.602. The maximum Gasteiger partial charge on any atom is 0.192 e. The van der Waals surface area contributed by atoms with E-state index in [4.69, 9.17) is 4.74 Å². The van der Waals surface area contributed by atoms with Gasteiger partial charge in [0.2, 0.25) is 0 Å². The summed E-state index contributed by atoms with van der Waals surface area (Å²) in [5.74, 6) is 0. The van der Waals surface area contributed by atoms with Crippen LogP contribution in [-0.4, -0.2) is 51.0 Å². The van der Waals surface area contributed by atoms with E-state index >= 15 is 0 Å². The normalized spacial score (nSPS) is 27.6. The van der Waals surface area contributed by atoms with Gasteiger partial charge < -0.3 is 14.8 Å². The van der Waals surface area contributed by atoms with Gasteiger partial charge in [-0.2, -0.15) is 0 Å². The van der Waals surface area contributed by atoms with Crippen molar-refractivity contribution in [3.63, 3.8) is 0 Å². The molecule has 2 heterocycles. The van der Waals surface area contributed by atoms with Crippen LogP contribution in [0.15, 0.2) is 66.9 Å². The molecule has 2 unspecified atom stereocenters. The zero-order valence-electron chi connectivity index (χ0n) is 16.0. The molecule has 2 aromatic rings. The summed E-state index contributed by atoms with van der Waals surface area (Å²) in [6, 6.07) is 18.3. The van der Waals surface area contributed by atoms with Crippen molar-refractivity contribution in [2.75, 3.05) is 45.3 Å². The number of hydrogen-bond acceptors (Lipinski definition) is 4. The summed E-state index contributed by atoms with van der Waals surface area (Å²) in [5.41, 5.74) is 2.46. The van der Waals surface area contributed by atoms with Crippen LogP contribution >= 0.6 is 0 Å². The maximum absolute atomic E-state index is 13.9. The van der Waals surface area contributed by atoms with E-state index in [1.807, 2.05) is 55.4 Å². The lowest BCUT2D eigenvalue weighted by molar-refractivity contribution is 0.0555. The van der Waals surface area contributed by atoms with Gasteiger partial charge in [-0.3, -0.25) is 9.55 Å². The second-order valence-corrected chi connectivity index (χ2v) is 7.52. The Morgan fingerprint density at radius 1 is 1.04 bits per heavy atom. The van der Waals surface area contributed by atoms with Gasteiger partial charge in [-0.1, -0.05) is 30.3 Å². The fourth-order valence-electron chi connectivity index (χ4n) is 4.08. The number of anilines is 1. The van der Waals surface area contributed by atoms with Crippen LogP contribution < -0.4 is 9.55 Å². The van der Waals surface area contributed by atoms with E-state index in [2.05, 4.69) is 29.2 Å². The maximum atomic E-state index is 13.9. The van der Waals surface area contributed by atoms with E-state index in [-0.39, 0.29) is 0 Å². The number of nitrogens with zero attached hydrogens (tertiary/aromatic N) is 3. The summed E-state index contributed by atoms with van der Waals surface area (Å²) >= 11 is 0. The molecule has 27 heavy (non-hydrogen) atoms. The first kappa shape index (κ1) is 18.2. The number of ether oxygens (including phenoxy) is 1. The molecule has 5 heteroatoms. The monoisotopic (exact) mass is 365 g/mol. The zero-order chi connectivity index (χ0) is 18.9. The highest BCUT2D eigenvalue weighted by atomic mass is 16.6. The van der Waals surface area contributed by atoms with Crippen molar-refractivity contribution in [3.8, 4) is 0 Å². The van der Waals surface area contributed by atoms with Crippen molar-refractivity contribution in [3.05, 3.63) is 77.6 Å². The van der Waals surface area contributed by atoms with Crippen molar-refractivity contribution in [2.24, 2.45) is 0 Å². The molecule has 5 nitrogen and oxygen atoms in total. The summed E-state index contributed by atoms with van der Waals surface area (Å²) in [5, 5.41) is 13.9. The molecule has 0 aliphatic carbocycles. The van der Waals surface area contributed by atoms with Crippen molar-refractivity contribution >= 4 is 11.4 Å². The molecule has 0 amide bonds. The highest BCUT2D eigenvalue weighted by Gasteiger charge is 2.53. The Hall–Kier alpha value is -2.18. The molecule has 2 aliphatic rings. The topological polar surface area (TPSA) is 38.8 Å². The third kappa shape index (κ3) is 3.07. The Balaban J connectivity index is 1.62. The van der Waals surface area contributed by atoms with E-state index in [1.165, 1.54) is 5.56 Å². The molecule has 4 rings (SSSR count). The van der Waals surface area contributed by atoms with Gasteiger partial charge in [0, 0.05) is 43.4 Å². The third-order valence-electron chi connectivity index (χ3n) is 5.82. The predicted octanol–water partition coefficient (Wildman–Crippen LogP) is 3.36. The van der Waals surface area contributed by atoms with Gasteiger partial charge >= 0.3 is 0 Å². The number of hydrogen-bond donors (Lipinski definition) is 0. The van der Waals surface area contributed by atoms with Gasteiger partial charge in [-0.05, 0) is 31.8 Å². The van der Waals surface area contributed by atoms with E-state index in [0.717, 1.165) is 37.7 Å². The molecule has 2 aliphatic heterocycles. The van der Waals surface area contributed by atoms with Crippen LogP contribution in [0.1, 0.15) is 5.56 Å². The minimum absolute atomic E-state index is 0.460. The first-order valence-corrected chi connectivity index (χ1v) is 9.50. The smallest absolute Gasteiger partial charge is 0.192 e. The Kier molecular flexibility index (Phi) is 4.78. The molecule has 1 fully saturated rings. The van der Waals surface area contributed by atoms with Crippen LogP contribution in [0.3, 0.4) is 0 Å². The van der Waals surface area contributed by atoms with Gasteiger partial charge in [0.1, 0.15) is 11.9 Å². The number of quaternary nitrogens is 1. The second kappa shape index (κ2) is 7.09. The SMILES string of the molecule is CN(C)C1(Cc2ccccc2)C=C[N+]1([O-])c1ccc(N2CCOCC2)cc1. The third-order valence-corrected chi connectivity index (χ3v) is 5.82. The summed E-state index contributed by atoms with van der Waals surface area (Å²) in [7, 11) is 3.97. The first-order valence-electron chi connectivity index (χ1n) is 9.50. The van der Waals surface area contributed by atoms with Crippen molar-refractivity contribution in [1.82, 2.24) is 9.55 Å². The van der Waals surface area contributed by atoms with Crippen molar-refractivity contribution < 1.29 is 4.74 Å². The fourth-order valence-corrected chi connectivity index (χ4v) is 4.08. The van der Waals surface area contributed by atoms with Gasteiger partial charge in [0.05, 0.1) is 13.2 Å². The second-order valence-electron chi connectivity index (χ2n) is 7.52. The predicted molar refractivity (Wildman–Crippen MR) is 110 cm³/mol. The van der Waals surface area contributed by atoms with E-state index in [0.29, 0.717) is 6.42 Å².